The normalized spacial score (nSPS) is 14.7. The average Bonchev–Trinajstić information content (AvgIpc) is 2.70. The van der Waals surface area contributed by atoms with Crippen molar-refractivity contribution >= 4 is 17.4 Å². The Hall–Kier alpha value is -2.73. The summed E-state index contributed by atoms with van der Waals surface area (Å²) < 4.78 is 5.46. The van der Waals surface area contributed by atoms with Gasteiger partial charge in [-0.1, -0.05) is 30.3 Å². The summed E-state index contributed by atoms with van der Waals surface area (Å²) in [5.41, 5.74) is 3.05. The zero-order valence-electron chi connectivity index (χ0n) is 16.1. The molecule has 0 aromatic heterocycles. The fourth-order valence-corrected chi connectivity index (χ4v) is 3.31. The number of urea groups is 1. The van der Waals surface area contributed by atoms with Crippen molar-refractivity contribution in [3.63, 3.8) is 0 Å². The first kappa shape index (κ1) is 19.0. The Morgan fingerprint density at radius 1 is 1.04 bits per heavy atom. The van der Waals surface area contributed by atoms with Crippen LogP contribution in [-0.2, 0) is 0 Å². The lowest BCUT2D eigenvalue weighted by atomic mass is 10.2. The molecule has 6 heteroatoms. The monoisotopic (exact) mass is 368 g/mol. The second kappa shape index (κ2) is 9.28. The summed E-state index contributed by atoms with van der Waals surface area (Å²) in [4.78, 5) is 16.8. The summed E-state index contributed by atoms with van der Waals surface area (Å²) in [5.74, 6) is 0.917. The molecule has 0 spiro atoms. The van der Waals surface area contributed by atoms with E-state index >= 15 is 0 Å². The Kier molecular flexibility index (Phi) is 6.54. The SMILES string of the molecule is COc1ccccc1N1CCN(CCNC(=O)Nc2ccccc2C)CC1. The Morgan fingerprint density at radius 3 is 2.48 bits per heavy atom. The van der Waals surface area contributed by atoms with Crippen LogP contribution in [0.5, 0.6) is 5.75 Å². The van der Waals surface area contributed by atoms with Gasteiger partial charge in [0.25, 0.3) is 0 Å². The lowest BCUT2D eigenvalue weighted by Gasteiger charge is -2.36. The molecule has 2 amide bonds. The first-order chi connectivity index (χ1) is 13.2. The second-order valence-electron chi connectivity index (χ2n) is 6.70. The van der Waals surface area contributed by atoms with Crippen LogP contribution in [0.15, 0.2) is 48.5 Å². The van der Waals surface area contributed by atoms with Gasteiger partial charge >= 0.3 is 6.03 Å². The fraction of sp³-hybridized carbons (Fsp3) is 0.381. The number of carbonyl (C=O) groups excluding carboxylic acids is 1. The molecular weight excluding hydrogens is 340 g/mol. The highest BCUT2D eigenvalue weighted by molar-refractivity contribution is 5.89. The molecule has 27 heavy (non-hydrogen) atoms. The zero-order chi connectivity index (χ0) is 19.1. The lowest BCUT2D eigenvalue weighted by Crippen LogP contribution is -2.48. The zero-order valence-corrected chi connectivity index (χ0v) is 16.1. The van der Waals surface area contributed by atoms with Crippen LogP contribution >= 0.6 is 0 Å². The molecule has 0 bridgehead atoms. The third-order valence-electron chi connectivity index (χ3n) is 4.91. The highest BCUT2D eigenvalue weighted by Gasteiger charge is 2.19. The molecule has 0 radical (unpaired) electrons. The van der Waals surface area contributed by atoms with Gasteiger partial charge in [-0.3, -0.25) is 4.90 Å². The van der Waals surface area contributed by atoms with Gasteiger partial charge in [-0.05, 0) is 30.7 Å². The summed E-state index contributed by atoms with van der Waals surface area (Å²) in [6, 6.07) is 15.8. The smallest absolute Gasteiger partial charge is 0.319 e. The van der Waals surface area contributed by atoms with Crippen molar-refractivity contribution in [2.24, 2.45) is 0 Å². The molecule has 6 nitrogen and oxygen atoms in total. The van der Waals surface area contributed by atoms with Gasteiger partial charge in [0, 0.05) is 45.0 Å². The second-order valence-corrected chi connectivity index (χ2v) is 6.70. The van der Waals surface area contributed by atoms with Crippen LogP contribution in [0.25, 0.3) is 0 Å². The van der Waals surface area contributed by atoms with Crippen molar-refractivity contribution < 1.29 is 9.53 Å². The maximum atomic E-state index is 12.1. The number of nitrogens with zero attached hydrogens (tertiary/aromatic N) is 2. The van der Waals surface area contributed by atoms with E-state index < -0.39 is 0 Å². The van der Waals surface area contributed by atoms with Crippen LogP contribution < -0.4 is 20.3 Å². The number of para-hydroxylation sites is 3. The summed E-state index contributed by atoms with van der Waals surface area (Å²) in [7, 11) is 1.71. The van der Waals surface area contributed by atoms with E-state index in [1.54, 1.807) is 7.11 Å². The van der Waals surface area contributed by atoms with Crippen molar-refractivity contribution in [3.8, 4) is 5.75 Å². The predicted octanol–water partition coefficient (Wildman–Crippen LogP) is 2.95. The molecule has 0 saturated carbocycles. The van der Waals surface area contributed by atoms with E-state index in [0.717, 1.165) is 55.4 Å². The topological polar surface area (TPSA) is 56.8 Å². The number of benzene rings is 2. The van der Waals surface area contributed by atoms with E-state index in [2.05, 4.69) is 26.5 Å². The molecule has 2 N–H and O–H groups in total. The molecule has 0 atom stereocenters. The first-order valence-corrected chi connectivity index (χ1v) is 9.38. The minimum absolute atomic E-state index is 0.156. The van der Waals surface area contributed by atoms with E-state index in [1.165, 1.54) is 0 Å². The van der Waals surface area contributed by atoms with Crippen LogP contribution in [0.3, 0.4) is 0 Å². The van der Waals surface area contributed by atoms with Gasteiger partial charge in [0.15, 0.2) is 0 Å². The maximum Gasteiger partial charge on any atom is 0.319 e. The van der Waals surface area contributed by atoms with Gasteiger partial charge in [-0.2, -0.15) is 0 Å². The fourth-order valence-electron chi connectivity index (χ4n) is 3.31. The molecule has 1 aliphatic rings. The van der Waals surface area contributed by atoms with Crippen molar-refractivity contribution in [3.05, 3.63) is 54.1 Å². The molecular formula is C21H28N4O2. The molecule has 3 rings (SSSR count). The highest BCUT2D eigenvalue weighted by Crippen LogP contribution is 2.28. The number of hydrogen-bond acceptors (Lipinski definition) is 4. The third kappa shape index (κ3) is 5.14. The standard InChI is InChI=1S/C21H28N4O2/c1-17-7-3-4-8-18(17)23-21(26)22-11-12-24-13-15-25(16-14-24)19-9-5-6-10-20(19)27-2/h3-10H,11-16H2,1-2H3,(H2,22,23,26). The van der Waals surface area contributed by atoms with Crippen LogP contribution in [-0.4, -0.2) is 57.3 Å². The third-order valence-corrected chi connectivity index (χ3v) is 4.91. The maximum absolute atomic E-state index is 12.1. The predicted molar refractivity (Wildman–Crippen MR) is 110 cm³/mol. The number of methoxy groups -OCH3 is 1. The number of hydrogen-bond donors (Lipinski definition) is 2. The number of amides is 2. The molecule has 0 unspecified atom stereocenters. The minimum Gasteiger partial charge on any atom is -0.495 e. The summed E-state index contributed by atoms with van der Waals surface area (Å²) in [6.07, 6.45) is 0. The van der Waals surface area contributed by atoms with Gasteiger partial charge in [0.2, 0.25) is 0 Å². The van der Waals surface area contributed by atoms with Crippen LogP contribution in [0.2, 0.25) is 0 Å². The van der Waals surface area contributed by atoms with Gasteiger partial charge in [-0.15, -0.1) is 0 Å². The van der Waals surface area contributed by atoms with Crippen molar-refractivity contribution in [2.75, 3.05) is 56.6 Å². The molecule has 1 heterocycles. The van der Waals surface area contributed by atoms with Gasteiger partial charge in [0.1, 0.15) is 5.75 Å². The van der Waals surface area contributed by atoms with Gasteiger partial charge < -0.3 is 20.3 Å². The summed E-state index contributed by atoms with van der Waals surface area (Å²) >= 11 is 0. The Balaban J connectivity index is 1.40. The molecule has 2 aromatic carbocycles. The lowest BCUT2D eigenvalue weighted by molar-refractivity contribution is 0.240. The van der Waals surface area contributed by atoms with E-state index in [1.807, 2.05) is 49.4 Å². The number of nitrogens with one attached hydrogen (secondary N) is 2. The van der Waals surface area contributed by atoms with E-state index in [0.29, 0.717) is 6.54 Å². The van der Waals surface area contributed by atoms with Crippen molar-refractivity contribution in [2.45, 2.75) is 6.92 Å². The molecule has 1 saturated heterocycles. The number of carbonyl (C=O) groups is 1. The van der Waals surface area contributed by atoms with Crippen LogP contribution in [0.1, 0.15) is 5.56 Å². The van der Waals surface area contributed by atoms with Crippen LogP contribution in [0, 0.1) is 6.92 Å². The highest BCUT2D eigenvalue weighted by atomic mass is 16.5. The van der Waals surface area contributed by atoms with Crippen molar-refractivity contribution in [1.82, 2.24) is 10.2 Å². The number of piperazine rings is 1. The largest absolute Gasteiger partial charge is 0.495 e. The molecule has 144 valence electrons. The summed E-state index contributed by atoms with van der Waals surface area (Å²) in [5, 5.41) is 5.84. The Morgan fingerprint density at radius 2 is 1.74 bits per heavy atom. The number of aryl methyl sites for hydroxylation is 1. The number of rotatable bonds is 6. The van der Waals surface area contributed by atoms with Crippen LogP contribution in [0.4, 0.5) is 16.2 Å². The average molecular weight is 368 g/mol. The quantitative estimate of drug-likeness (QED) is 0.823. The van der Waals surface area contributed by atoms with E-state index in [9.17, 15) is 4.79 Å². The Bertz CT molecular complexity index is 757. The molecule has 2 aromatic rings. The Labute approximate surface area is 161 Å². The van der Waals surface area contributed by atoms with E-state index in [4.69, 9.17) is 4.74 Å². The summed E-state index contributed by atoms with van der Waals surface area (Å²) in [6.45, 7) is 7.31. The molecule has 1 aliphatic heterocycles. The van der Waals surface area contributed by atoms with Gasteiger partial charge in [-0.25, -0.2) is 4.79 Å². The molecule has 1 fully saturated rings. The van der Waals surface area contributed by atoms with Gasteiger partial charge in [0.05, 0.1) is 12.8 Å². The van der Waals surface area contributed by atoms with Crippen molar-refractivity contribution in [1.29, 1.82) is 0 Å². The number of ether oxygens (including phenoxy) is 1. The minimum atomic E-state index is -0.156. The first-order valence-electron chi connectivity index (χ1n) is 9.38. The number of anilines is 2. The molecule has 0 aliphatic carbocycles. The van der Waals surface area contributed by atoms with E-state index in [-0.39, 0.29) is 6.03 Å².